The fourth-order valence-corrected chi connectivity index (χ4v) is 0.294. The van der Waals surface area contributed by atoms with Crippen molar-refractivity contribution >= 4 is 6.09 Å². The molecule has 0 spiro atoms. The summed E-state index contributed by atoms with van der Waals surface area (Å²) in [7, 11) is 0. The van der Waals surface area contributed by atoms with Crippen LogP contribution in [0.5, 0.6) is 0 Å². The first-order valence-electron chi connectivity index (χ1n) is 2.63. The first-order valence-corrected chi connectivity index (χ1v) is 2.63. The Labute approximate surface area is 54.7 Å². The Kier molecular flexibility index (Phi) is 4.59. The molecule has 0 fully saturated rings. The molecular weight excluding hydrogens is 118 g/mol. The molecule has 0 aromatic rings. The Morgan fingerprint density at radius 2 is 2.56 bits per heavy atom. The number of alkyl carbamates (subject to hydrolysis) is 1. The molecule has 0 aliphatic heterocycles. The fraction of sp³-hybridized carbons (Fsp3) is 0.333. The molecule has 0 aromatic heterocycles. The molecule has 3 nitrogen and oxygen atoms in total. The van der Waals surface area contributed by atoms with Gasteiger partial charge in [0, 0.05) is 6.54 Å². The van der Waals surface area contributed by atoms with Crippen molar-refractivity contribution in [2.24, 2.45) is 0 Å². The van der Waals surface area contributed by atoms with E-state index in [4.69, 9.17) is 0 Å². The fourth-order valence-electron chi connectivity index (χ4n) is 0.294. The lowest BCUT2D eigenvalue weighted by Crippen LogP contribution is -2.20. The van der Waals surface area contributed by atoms with Crippen molar-refractivity contribution in [2.75, 3.05) is 6.61 Å². The molecular formula is C6H10NO2. The normalized spacial score (nSPS) is 8.11. The summed E-state index contributed by atoms with van der Waals surface area (Å²) < 4.78 is 4.53. The summed E-state index contributed by atoms with van der Waals surface area (Å²) in [6.07, 6.45) is 1.06. The molecule has 0 bridgehead atoms. The summed E-state index contributed by atoms with van der Waals surface area (Å²) in [5, 5.41) is 2.35. The molecule has 1 N–H and O–H groups in total. The van der Waals surface area contributed by atoms with E-state index in [-0.39, 0.29) is 6.61 Å². The number of hydrogen-bond acceptors (Lipinski definition) is 2. The molecule has 0 unspecified atom stereocenters. The molecule has 0 heterocycles. The Morgan fingerprint density at radius 1 is 1.89 bits per heavy atom. The maximum atomic E-state index is 10.4. The van der Waals surface area contributed by atoms with Gasteiger partial charge in [0.1, 0.15) is 6.61 Å². The van der Waals surface area contributed by atoms with E-state index in [1.807, 2.05) is 0 Å². The van der Waals surface area contributed by atoms with Gasteiger partial charge in [0.05, 0.1) is 0 Å². The highest BCUT2D eigenvalue weighted by Gasteiger charge is 1.94. The van der Waals surface area contributed by atoms with Crippen molar-refractivity contribution in [3.63, 3.8) is 0 Å². The zero-order valence-corrected chi connectivity index (χ0v) is 5.39. The number of rotatable bonds is 3. The van der Waals surface area contributed by atoms with Gasteiger partial charge < -0.3 is 10.1 Å². The summed E-state index contributed by atoms with van der Waals surface area (Å²) in [5.74, 6) is 0. The predicted molar refractivity (Wildman–Crippen MR) is 34.7 cm³/mol. The lowest BCUT2D eigenvalue weighted by Gasteiger charge is -1.99. The Morgan fingerprint density at radius 3 is 3.00 bits per heavy atom. The maximum Gasteiger partial charge on any atom is 0.407 e. The molecule has 0 aliphatic carbocycles. The zero-order valence-electron chi connectivity index (χ0n) is 5.39. The third-order valence-electron chi connectivity index (χ3n) is 0.594. The highest BCUT2D eigenvalue weighted by Crippen LogP contribution is 1.77. The molecule has 0 saturated heterocycles. The number of nitrogens with one attached hydrogen (secondary N) is 1. The summed E-state index contributed by atoms with van der Waals surface area (Å²) in [6, 6.07) is 0. The van der Waals surface area contributed by atoms with Crippen LogP contribution in [0.15, 0.2) is 12.7 Å². The van der Waals surface area contributed by atoms with E-state index in [2.05, 4.69) is 16.6 Å². The van der Waals surface area contributed by atoms with Crippen molar-refractivity contribution in [2.45, 2.75) is 6.92 Å². The van der Waals surface area contributed by atoms with E-state index in [9.17, 15) is 4.79 Å². The monoisotopic (exact) mass is 128 g/mol. The SMILES string of the molecule is C=CCOC(=O)N[CH]C. The molecule has 0 rings (SSSR count). The zero-order chi connectivity index (χ0) is 7.11. The largest absolute Gasteiger partial charge is 0.445 e. The average Bonchev–Trinajstić information content (AvgIpc) is 1.85. The van der Waals surface area contributed by atoms with Crippen molar-refractivity contribution in [1.29, 1.82) is 0 Å². The molecule has 9 heavy (non-hydrogen) atoms. The van der Waals surface area contributed by atoms with Crippen LogP contribution in [-0.2, 0) is 4.74 Å². The Hall–Kier alpha value is -0.990. The molecule has 0 saturated carbocycles. The van der Waals surface area contributed by atoms with Gasteiger partial charge >= 0.3 is 6.09 Å². The summed E-state index contributed by atoms with van der Waals surface area (Å²) in [6.45, 7) is 6.84. The van der Waals surface area contributed by atoms with Crippen LogP contribution in [0.25, 0.3) is 0 Å². The predicted octanol–water partition coefficient (Wildman–Crippen LogP) is 1.08. The van der Waals surface area contributed by atoms with Crippen LogP contribution in [0.3, 0.4) is 0 Å². The number of carbonyl (C=O) groups is 1. The minimum atomic E-state index is -0.447. The molecule has 0 aliphatic rings. The summed E-state index contributed by atoms with van der Waals surface area (Å²) in [5.41, 5.74) is 0. The van der Waals surface area contributed by atoms with Crippen molar-refractivity contribution < 1.29 is 9.53 Å². The van der Waals surface area contributed by atoms with Gasteiger partial charge in [-0.2, -0.15) is 0 Å². The highest BCUT2D eigenvalue weighted by molar-refractivity contribution is 5.67. The van der Waals surface area contributed by atoms with Gasteiger partial charge in [-0.05, 0) is 6.92 Å². The van der Waals surface area contributed by atoms with Gasteiger partial charge in [0.25, 0.3) is 0 Å². The van der Waals surface area contributed by atoms with Gasteiger partial charge in [-0.25, -0.2) is 4.79 Å². The lowest BCUT2D eigenvalue weighted by atomic mass is 10.7. The van der Waals surface area contributed by atoms with Crippen LogP contribution < -0.4 is 5.32 Å². The standard InChI is InChI=1S/C6H10NO2/c1-3-5-9-6(8)7-4-2/h3-4H,1,5H2,2H3,(H,7,8). The molecule has 0 aromatic carbocycles. The smallest absolute Gasteiger partial charge is 0.407 e. The van der Waals surface area contributed by atoms with Crippen LogP contribution >= 0.6 is 0 Å². The van der Waals surface area contributed by atoms with Crippen LogP contribution in [0.1, 0.15) is 6.92 Å². The first kappa shape index (κ1) is 8.01. The van der Waals surface area contributed by atoms with Crippen LogP contribution in [0.2, 0.25) is 0 Å². The van der Waals surface area contributed by atoms with E-state index in [1.165, 1.54) is 12.6 Å². The van der Waals surface area contributed by atoms with Gasteiger partial charge in [-0.15, -0.1) is 0 Å². The van der Waals surface area contributed by atoms with Crippen molar-refractivity contribution in [3.8, 4) is 0 Å². The van der Waals surface area contributed by atoms with Crippen molar-refractivity contribution in [1.82, 2.24) is 5.32 Å². The summed E-state index contributed by atoms with van der Waals surface area (Å²) in [4.78, 5) is 10.4. The molecule has 1 radical (unpaired) electrons. The van der Waals surface area contributed by atoms with E-state index in [0.717, 1.165) is 0 Å². The van der Waals surface area contributed by atoms with E-state index in [1.54, 1.807) is 6.92 Å². The van der Waals surface area contributed by atoms with E-state index in [0.29, 0.717) is 0 Å². The van der Waals surface area contributed by atoms with Gasteiger partial charge in [0.15, 0.2) is 0 Å². The van der Waals surface area contributed by atoms with Gasteiger partial charge in [-0.1, -0.05) is 12.7 Å². The van der Waals surface area contributed by atoms with Gasteiger partial charge in [-0.3, -0.25) is 0 Å². The molecule has 3 heteroatoms. The van der Waals surface area contributed by atoms with Gasteiger partial charge in [0.2, 0.25) is 0 Å². The summed E-state index contributed by atoms with van der Waals surface area (Å²) >= 11 is 0. The number of hydrogen-bond donors (Lipinski definition) is 1. The molecule has 1 amide bonds. The van der Waals surface area contributed by atoms with E-state index < -0.39 is 6.09 Å². The van der Waals surface area contributed by atoms with Crippen LogP contribution in [0.4, 0.5) is 4.79 Å². The molecule has 51 valence electrons. The number of amides is 1. The molecule has 0 atom stereocenters. The third kappa shape index (κ3) is 4.87. The van der Waals surface area contributed by atoms with E-state index >= 15 is 0 Å². The van der Waals surface area contributed by atoms with Crippen molar-refractivity contribution in [3.05, 3.63) is 19.2 Å². The second-order valence-electron chi connectivity index (χ2n) is 1.32. The first-order chi connectivity index (χ1) is 4.31. The lowest BCUT2D eigenvalue weighted by molar-refractivity contribution is 0.161. The number of carbonyl (C=O) groups excluding carboxylic acids is 1. The van der Waals surface area contributed by atoms with Crippen LogP contribution in [-0.4, -0.2) is 12.7 Å². The number of ether oxygens (including phenoxy) is 1. The minimum absolute atomic E-state index is 0.250. The highest BCUT2D eigenvalue weighted by atomic mass is 16.5. The second kappa shape index (κ2) is 5.15. The quantitative estimate of drug-likeness (QED) is 0.577. The Balaban J connectivity index is 3.16. The maximum absolute atomic E-state index is 10.4. The average molecular weight is 128 g/mol. The topological polar surface area (TPSA) is 38.3 Å². The third-order valence-corrected chi connectivity index (χ3v) is 0.594. The second-order valence-corrected chi connectivity index (χ2v) is 1.32. The Bertz CT molecular complexity index is 101. The minimum Gasteiger partial charge on any atom is -0.445 e. The van der Waals surface area contributed by atoms with Crippen LogP contribution in [0, 0.1) is 6.54 Å².